The molecule has 1 saturated heterocycles. The fourth-order valence-corrected chi connectivity index (χ4v) is 3.92. The Bertz CT molecular complexity index is 944. The number of nitrogens with one attached hydrogen (secondary N) is 1. The molecule has 1 atom stereocenters. The zero-order valence-electron chi connectivity index (χ0n) is 15.3. The van der Waals surface area contributed by atoms with E-state index in [1.165, 1.54) is 11.3 Å². The predicted octanol–water partition coefficient (Wildman–Crippen LogP) is 4.06. The van der Waals surface area contributed by atoms with Crippen LogP contribution < -0.4 is 0 Å². The monoisotopic (exact) mass is 365 g/mol. The Labute approximate surface area is 157 Å². The zero-order valence-corrected chi connectivity index (χ0v) is 15.3. The molecule has 2 aromatic heterocycles. The van der Waals surface area contributed by atoms with Crippen LogP contribution in [0, 0.1) is 6.92 Å². The van der Waals surface area contributed by atoms with E-state index in [9.17, 15) is 9.90 Å². The Kier molecular flexibility index (Phi) is 4.81. The van der Waals surface area contributed by atoms with Crippen LogP contribution in [-0.2, 0) is 6.54 Å². The molecule has 1 aromatic carbocycles. The molecule has 0 unspecified atom stereocenters. The number of carboxylic acids is 1. The number of nitrogens with zero attached hydrogens (tertiary/aromatic N) is 2. The highest BCUT2D eigenvalue weighted by atomic mass is 16.4. The van der Waals surface area contributed by atoms with Crippen LogP contribution in [0.5, 0.6) is 0 Å². The second kappa shape index (κ2) is 7.40. The lowest BCUT2D eigenvalue weighted by atomic mass is 9.93. The summed E-state index contributed by atoms with van der Waals surface area (Å²) in [5.41, 5.74) is 3.31. The number of likely N-dealkylation sites (tertiary alicyclic amines) is 1. The topological polar surface area (TPSA) is 82.4 Å². The third kappa shape index (κ3) is 3.66. The van der Waals surface area contributed by atoms with Crippen LogP contribution in [-0.4, -0.2) is 39.3 Å². The smallest absolute Gasteiger partial charge is 0.336 e. The molecule has 0 radical (unpaired) electrons. The molecular weight excluding hydrogens is 342 g/mol. The van der Waals surface area contributed by atoms with Gasteiger partial charge in [-0.2, -0.15) is 5.10 Å². The van der Waals surface area contributed by atoms with Crippen molar-refractivity contribution >= 4 is 5.97 Å². The first kappa shape index (κ1) is 17.5. The number of piperidine rings is 1. The van der Waals surface area contributed by atoms with E-state index in [0.717, 1.165) is 38.2 Å². The van der Waals surface area contributed by atoms with Crippen molar-refractivity contribution in [3.63, 3.8) is 0 Å². The van der Waals surface area contributed by atoms with Gasteiger partial charge in [0, 0.05) is 23.7 Å². The summed E-state index contributed by atoms with van der Waals surface area (Å²) in [6, 6.07) is 10.7. The highest BCUT2D eigenvalue weighted by Gasteiger charge is 2.24. The molecule has 1 fully saturated rings. The number of carboxylic acid groups (broad SMARTS) is 1. The van der Waals surface area contributed by atoms with Crippen LogP contribution >= 0.6 is 0 Å². The van der Waals surface area contributed by atoms with Crippen LogP contribution in [0.25, 0.3) is 11.3 Å². The molecule has 1 aliphatic heterocycles. The summed E-state index contributed by atoms with van der Waals surface area (Å²) in [4.78, 5) is 13.8. The minimum Gasteiger partial charge on any atom is -0.478 e. The summed E-state index contributed by atoms with van der Waals surface area (Å²) in [5.74, 6) is 0.967. The van der Waals surface area contributed by atoms with Gasteiger partial charge in [-0.05, 0) is 50.1 Å². The van der Waals surface area contributed by atoms with E-state index in [4.69, 9.17) is 4.42 Å². The molecule has 1 aliphatic rings. The number of furan rings is 1. The Morgan fingerprint density at radius 3 is 2.96 bits per heavy atom. The predicted molar refractivity (Wildman–Crippen MR) is 102 cm³/mol. The normalized spacial score (nSPS) is 17.9. The fraction of sp³-hybridized carbons (Fsp3) is 0.333. The third-order valence-electron chi connectivity index (χ3n) is 5.25. The van der Waals surface area contributed by atoms with E-state index in [-0.39, 0.29) is 5.56 Å². The largest absolute Gasteiger partial charge is 0.478 e. The standard InChI is InChI=1S/C21H23N3O3/c1-14-11-22-23-20(14)15-5-4-10-24(12-15)13-16-8-9-19(27-16)17-6-2-3-7-18(17)21(25)26/h2-3,6-9,11,15H,4-5,10,12-13H2,1H3,(H,22,23)(H,25,26)/t15-/m1/s1. The number of hydrogen-bond donors (Lipinski definition) is 2. The van der Waals surface area contributed by atoms with E-state index >= 15 is 0 Å². The zero-order chi connectivity index (χ0) is 18.8. The van der Waals surface area contributed by atoms with Gasteiger partial charge in [-0.1, -0.05) is 18.2 Å². The summed E-state index contributed by atoms with van der Waals surface area (Å²) in [6.07, 6.45) is 4.18. The lowest BCUT2D eigenvalue weighted by molar-refractivity contribution is 0.0697. The minimum absolute atomic E-state index is 0.256. The van der Waals surface area contributed by atoms with Crippen molar-refractivity contribution < 1.29 is 14.3 Å². The van der Waals surface area contributed by atoms with Crippen molar-refractivity contribution in [3.05, 3.63) is 65.2 Å². The average molecular weight is 365 g/mol. The van der Waals surface area contributed by atoms with Crippen molar-refractivity contribution in [1.29, 1.82) is 0 Å². The summed E-state index contributed by atoms with van der Waals surface area (Å²) in [5, 5.41) is 16.7. The molecule has 2 N–H and O–H groups in total. The van der Waals surface area contributed by atoms with E-state index < -0.39 is 5.97 Å². The lowest BCUT2D eigenvalue weighted by Gasteiger charge is -2.31. The molecular formula is C21H23N3O3. The second-order valence-electron chi connectivity index (χ2n) is 7.16. The van der Waals surface area contributed by atoms with Crippen molar-refractivity contribution in [2.45, 2.75) is 32.2 Å². The Morgan fingerprint density at radius 1 is 1.33 bits per heavy atom. The molecule has 0 bridgehead atoms. The molecule has 0 aliphatic carbocycles. The molecule has 27 heavy (non-hydrogen) atoms. The van der Waals surface area contributed by atoms with Gasteiger partial charge in [0.05, 0.1) is 18.3 Å². The SMILES string of the molecule is Cc1cn[nH]c1[C@@H]1CCCN(Cc2ccc(-c3ccccc3C(=O)O)o2)C1. The fourth-order valence-electron chi connectivity index (χ4n) is 3.92. The molecule has 6 nitrogen and oxygen atoms in total. The number of H-pyrrole nitrogens is 1. The average Bonchev–Trinajstić information content (AvgIpc) is 3.31. The molecule has 6 heteroatoms. The van der Waals surface area contributed by atoms with Crippen molar-refractivity contribution in [2.24, 2.45) is 0 Å². The maximum atomic E-state index is 11.4. The highest BCUT2D eigenvalue weighted by Crippen LogP contribution is 2.30. The number of aromatic amines is 1. The van der Waals surface area contributed by atoms with E-state index in [1.807, 2.05) is 24.4 Å². The molecule has 4 rings (SSSR count). The van der Waals surface area contributed by atoms with E-state index in [1.54, 1.807) is 18.2 Å². The van der Waals surface area contributed by atoms with Gasteiger partial charge in [-0.25, -0.2) is 4.79 Å². The summed E-state index contributed by atoms with van der Waals surface area (Å²) >= 11 is 0. The van der Waals surface area contributed by atoms with Gasteiger partial charge < -0.3 is 9.52 Å². The molecule has 0 amide bonds. The highest BCUT2D eigenvalue weighted by molar-refractivity contribution is 5.95. The van der Waals surface area contributed by atoms with Gasteiger partial charge in [0.1, 0.15) is 11.5 Å². The molecule has 3 heterocycles. The number of hydrogen-bond acceptors (Lipinski definition) is 4. The third-order valence-corrected chi connectivity index (χ3v) is 5.25. The van der Waals surface area contributed by atoms with E-state index in [2.05, 4.69) is 22.0 Å². The Balaban J connectivity index is 1.48. The van der Waals surface area contributed by atoms with Gasteiger partial charge in [-0.15, -0.1) is 0 Å². The van der Waals surface area contributed by atoms with Crippen LogP contribution in [0.4, 0.5) is 0 Å². The molecule has 3 aromatic rings. The van der Waals surface area contributed by atoms with Crippen LogP contribution in [0.2, 0.25) is 0 Å². The first-order valence-corrected chi connectivity index (χ1v) is 9.25. The summed E-state index contributed by atoms with van der Waals surface area (Å²) in [6.45, 7) is 4.81. The van der Waals surface area contributed by atoms with Crippen molar-refractivity contribution in [2.75, 3.05) is 13.1 Å². The minimum atomic E-state index is -0.947. The van der Waals surface area contributed by atoms with E-state index in [0.29, 0.717) is 17.2 Å². The number of aromatic nitrogens is 2. The number of benzene rings is 1. The summed E-state index contributed by atoms with van der Waals surface area (Å²) in [7, 11) is 0. The van der Waals surface area contributed by atoms with Crippen LogP contribution in [0.1, 0.15) is 46.1 Å². The van der Waals surface area contributed by atoms with Gasteiger partial charge in [-0.3, -0.25) is 10.00 Å². The first-order valence-electron chi connectivity index (χ1n) is 9.25. The van der Waals surface area contributed by atoms with Gasteiger partial charge in [0.15, 0.2) is 0 Å². The number of aromatic carboxylic acids is 1. The van der Waals surface area contributed by atoms with Gasteiger partial charge >= 0.3 is 5.97 Å². The maximum absolute atomic E-state index is 11.4. The molecule has 0 spiro atoms. The van der Waals surface area contributed by atoms with Crippen molar-refractivity contribution in [1.82, 2.24) is 15.1 Å². The number of aryl methyl sites for hydroxylation is 1. The first-order chi connectivity index (χ1) is 13.1. The summed E-state index contributed by atoms with van der Waals surface area (Å²) < 4.78 is 5.99. The Morgan fingerprint density at radius 2 is 2.19 bits per heavy atom. The van der Waals surface area contributed by atoms with Crippen molar-refractivity contribution in [3.8, 4) is 11.3 Å². The van der Waals surface area contributed by atoms with Crippen LogP contribution in [0.15, 0.2) is 47.0 Å². The van der Waals surface area contributed by atoms with Gasteiger partial charge in [0.2, 0.25) is 0 Å². The molecule has 140 valence electrons. The Hall–Kier alpha value is -2.86. The molecule has 0 saturated carbocycles. The number of carbonyl (C=O) groups is 1. The van der Waals surface area contributed by atoms with Gasteiger partial charge in [0.25, 0.3) is 0 Å². The van der Waals surface area contributed by atoms with Crippen LogP contribution in [0.3, 0.4) is 0 Å². The quantitative estimate of drug-likeness (QED) is 0.713. The number of rotatable bonds is 5. The second-order valence-corrected chi connectivity index (χ2v) is 7.16. The maximum Gasteiger partial charge on any atom is 0.336 e. The lowest BCUT2D eigenvalue weighted by Crippen LogP contribution is -2.34.